The van der Waals surface area contributed by atoms with Gasteiger partial charge in [-0.05, 0) is 37.1 Å². The lowest BCUT2D eigenvalue weighted by molar-refractivity contribution is 1.01. The van der Waals surface area contributed by atoms with Crippen LogP contribution in [-0.2, 0) is 6.42 Å². The lowest BCUT2D eigenvalue weighted by Gasteiger charge is -2.07. The zero-order valence-corrected chi connectivity index (χ0v) is 11.5. The Morgan fingerprint density at radius 3 is 2.88 bits per heavy atom. The molecule has 17 heavy (non-hydrogen) atoms. The normalized spacial score (nSPS) is 10.5. The Hall–Kier alpha value is -0.840. The first-order valence-electron chi connectivity index (χ1n) is 5.12. The van der Waals surface area contributed by atoms with Crippen molar-refractivity contribution in [2.24, 2.45) is 0 Å². The van der Waals surface area contributed by atoms with Crippen LogP contribution in [0.3, 0.4) is 0 Å². The van der Waals surface area contributed by atoms with Crippen LogP contribution in [-0.4, -0.2) is 16.5 Å². The van der Waals surface area contributed by atoms with Gasteiger partial charge >= 0.3 is 0 Å². The molecule has 6 heteroatoms. The van der Waals surface area contributed by atoms with Crippen LogP contribution in [0.25, 0.3) is 0 Å². The number of anilines is 1. The Bertz CT molecular complexity index is 513. The Labute approximate surface area is 114 Å². The van der Waals surface area contributed by atoms with Crippen molar-refractivity contribution in [2.45, 2.75) is 13.3 Å². The van der Waals surface area contributed by atoms with Crippen LogP contribution in [0.2, 0.25) is 9.62 Å². The van der Waals surface area contributed by atoms with Gasteiger partial charge in [-0.25, -0.2) is 9.97 Å². The molecular weight excluding hydrogens is 277 g/mol. The fraction of sp³-hybridized carbons (Fsp3) is 0.273. The topological polar surface area (TPSA) is 37.8 Å². The second-order valence-electron chi connectivity index (χ2n) is 3.55. The zero-order valence-electron chi connectivity index (χ0n) is 9.20. The van der Waals surface area contributed by atoms with Crippen molar-refractivity contribution in [3.05, 3.63) is 38.4 Å². The SMILES string of the molecule is Cc1cnc(Cl)nc1NCCc1ccc(Cl)s1. The lowest BCUT2D eigenvalue weighted by Crippen LogP contribution is -2.07. The van der Waals surface area contributed by atoms with Crippen molar-refractivity contribution < 1.29 is 0 Å². The third kappa shape index (κ3) is 3.56. The van der Waals surface area contributed by atoms with Crippen LogP contribution in [0.15, 0.2) is 18.3 Å². The molecular formula is C11H11Cl2N3S. The van der Waals surface area contributed by atoms with E-state index in [4.69, 9.17) is 23.2 Å². The minimum Gasteiger partial charge on any atom is -0.369 e. The van der Waals surface area contributed by atoms with E-state index in [1.54, 1.807) is 17.5 Å². The summed E-state index contributed by atoms with van der Waals surface area (Å²) in [5.74, 6) is 0.785. The molecule has 1 N–H and O–H groups in total. The maximum Gasteiger partial charge on any atom is 0.224 e. The maximum atomic E-state index is 5.86. The second kappa shape index (κ2) is 5.67. The predicted molar refractivity (Wildman–Crippen MR) is 73.3 cm³/mol. The first-order chi connectivity index (χ1) is 8.15. The molecule has 0 aliphatic carbocycles. The lowest BCUT2D eigenvalue weighted by atomic mass is 10.3. The van der Waals surface area contributed by atoms with E-state index in [9.17, 15) is 0 Å². The average Bonchev–Trinajstić information content (AvgIpc) is 2.69. The van der Waals surface area contributed by atoms with Gasteiger partial charge in [-0.1, -0.05) is 11.6 Å². The molecule has 90 valence electrons. The van der Waals surface area contributed by atoms with E-state index in [1.165, 1.54) is 4.88 Å². The van der Waals surface area contributed by atoms with E-state index in [1.807, 2.05) is 19.1 Å². The summed E-state index contributed by atoms with van der Waals surface area (Å²) in [4.78, 5) is 9.29. The molecule has 3 nitrogen and oxygen atoms in total. The molecule has 0 aliphatic heterocycles. The number of nitrogens with zero attached hydrogens (tertiary/aromatic N) is 2. The van der Waals surface area contributed by atoms with Crippen LogP contribution in [0.1, 0.15) is 10.4 Å². The number of aromatic nitrogens is 2. The first kappa shape index (κ1) is 12.6. The molecule has 0 saturated carbocycles. The molecule has 2 aromatic rings. The minimum absolute atomic E-state index is 0.261. The summed E-state index contributed by atoms with van der Waals surface area (Å²) in [6.07, 6.45) is 2.62. The summed E-state index contributed by atoms with van der Waals surface area (Å²) in [7, 11) is 0. The van der Waals surface area contributed by atoms with Crippen molar-refractivity contribution in [1.29, 1.82) is 0 Å². The summed E-state index contributed by atoms with van der Waals surface area (Å²) >= 11 is 13.2. The highest BCUT2D eigenvalue weighted by molar-refractivity contribution is 7.16. The number of nitrogens with one attached hydrogen (secondary N) is 1. The van der Waals surface area contributed by atoms with Gasteiger partial charge in [-0.3, -0.25) is 0 Å². The molecule has 0 spiro atoms. The first-order valence-corrected chi connectivity index (χ1v) is 6.69. The summed E-state index contributed by atoms with van der Waals surface area (Å²) < 4.78 is 0.821. The van der Waals surface area contributed by atoms with Gasteiger partial charge in [-0.15, -0.1) is 11.3 Å². The van der Waals surface area contributed by atoms with E-state index >= 15 is 0 Å². The maximum absolute atomic E-state index is 5.86. The highest BCUT2D eigenvalue weighted by Gasteiger charge is 2.02. The molecule has 0 saturated heterocycles. The highest BCUT2D eigenvalue weighted by Crippen LogP contribution is 2.22. The van der Waals surface area contributed by atoms with E-state index in [-0.39, 0.29) is 5.28 Å². The zero-order chi connectivity index (χ0) is 12.3. The smallest absolute Gasteiger partial charge is 0.224 e. The fourth-order valence-corrected chi connectivity index (χ4v) is 2.61. The third-order valence-electron chi connectivity index (χ3n) is 2.24. The van der Waals surface area contributed by atoms with E-state index in [2.05, 4.69) is 15.3 Å². The van der Waals surface area contributed by atoms with Gasteiger partial charge in [0.25, 0.3) is 0 Å². The number of halogens is 2. The predicted octanol–water partition coefficient (Wildman–Crippen LogP) is 3.81. The Morgan fingerprint density at radius 1 is 1.35 bits per heavy atom. The van der Waals surface area contributed by atoms with Crippen molar-refractivity contribution in [2.75, 3.05) is 11.9 Å². The summed E-state index contributed by atoms with van der Waals surface area (Å²) in [6, 6.07) is 3.95. The molecule has 0 bridgehead atoms. The second-order valence-corrected chi connectivity index (χ2v) is 5.69. The summed E-state index contributed by atoms with van der Waals surface area (Å²) in [5, 5.41) is 3.50. The van der Waals surface area contributed by atoms with Crippen LogP contribution in [0, 0.1) is 6.92 Å². The quantitative estimate of drug-likeness (QED) is 0.869. The van der Waals surface area contributed by atoms with Crippen LogP contribution in [0.4, 0.5) is 5.82 Å². The van der Waals surface area contributed by atoms with Crippen LogP contribution < -0.4 is 5.32 Å². The third-order valence-corrected chi connectivity index (χ3v) is 3.71. The van der Waals surface area contributed by atoms with Gasteiger partial charge in [0, 0.05) is 23.2 Å². The number of aryl methyl sites for hydroxylation is 1. The standard InChI is InChI=1S/C11H11Cl2N3S/c1-7-6-15-11(13)16-10(7)14-5-4-8-2-3-9(12)17-8/h2-3,6H,4-5H2,1H3,(H,14,15,16). The number of thiophene rings is 1. The van der Waals surface area contributed by atoms with E-state index in [0.29, 0.717) is 0 Å². The summed E-state index contributed by atoms with van der Waals surface area (Å²) in [6.45, 7) is 2.74. The molecule has 0 aromatic carbocycles. The molecule has 0 aliphatic rings. The van der Waals surface area contributed by atoms with Gasteiger partial charge < -0.3 is 5.32 Å². The number of hydrogen-bond acceptors (Lipinski definition) is 4. The molecule has 0 atom stereocenters. The molecule has 0 unspecified atom stereocenters. The monoisotopic (exact) mass is 287 g/mol. The molecule has 0 amide bonds. The Morgan fingerprint density at radius 2 is 2.18 bits per heavy atom. The Kier molecular flexibility index (Phi) is 4.20. The molecule has 0 fully saturated rings. The number of hydrogen-bond donors (Lipinski definition) is 1. The fourth-order valence-electron chi connectivity index (χ4n) is 1.39. The van der Waals surface area contributed by atoms with Gasteiger partial charge in [0.05, 0.1) is 4.34 Å². The van der Waals surface area contributed by atoms with Gasteiger partial charge in [-0.2, -0.15) is 0 Å². The van der Waals surface area contributed by atoms with Gasteiger partial charge in [0.2, 0.25) is 5.28 Å². The van der Waals surface area contributed by atoms with Crippen molar-refractivity contribution >= 4 is 40.4 Å². The minimum atomic E-state index is 0.261. The highest BCUT2D eigenvalue weighted by atomic mass is 35.5. The van der Waals surface area contributed by atoms with Crippen LogP contribution >= 0.6 is 34.5 Å². The van der Waals surface area contributed by atoms with Crippen LogP contribution in [0.5, 0.6) is 0 Å². The molecule has 0 radical (unpaired) electrons. The van der Waals surface area contributed by atoms with Crippen molar-refractivity contribution in [1.82, 2.24) is 9.97 Å². The number of rotatable bonds is 4. The van der Waals surface area contributed by atoms with Gasteiger partial charge in [0.1, 0.15) is 5.82 Å². The van der Waals surface area contributed by atoms with E-state index in [0.717, 1.165) is 28.7 Å². The Balaban J connectivity index is 1.91. The van der Waals surface area contributed by atoms with Gasteiger partial charge in [0.15, 0.2) is 0 Å². The summed E-state index contributed by atoms with van der Waals surface area (Å²) in [5.41, 5.74) is 0.985. The molecule has 2 heterocycles. The average molecular weight is 288 g/mol. The molecule has 2 aromatic heterocycles. The largest absolute Gasteiger partial charge is 0.369 e. The molecule has 2 rings (SSSR count). The van der Waals surface area contributed by atoms with Crippen molar-refractivity contribution in [3.63, 3.8) is 0 Å². The van der Waals surface area contributed by atoms with Crippen molar-refractivity contribution in [3.8, 4) is 0 Å². The van der Waals surface area contributed by atoms with E-state index < -0.39 is 0 Å².